The molecule has 2 heterocycles. The number of rotatable bonds is 4. The number of carbonyl (C=O) groups excluding carboxylic acids is 3. The van der Waals surface area contributed by atoms with Crippen LogP contribution in [0.5, 0.6) is 0 Å². The molecule has 0 atom stereocenters. The molecule has 1 aromatic heterocycles. The van der Waals surface area contributed by atoms with E-state index in [1.54, 1.807) is 42.5 Å². The first-order valence-electron chi connectivity index (χ1n) is 10.1. The van der Waals surface area contributed by atoms with Crippen LogP contribution < -0.4 is 10.2 Å². The number of furan rings is 1. The number of thiocarbonyl (C=S) groups is 1. The molecule has 33 heavy (non-hydrogen) atoms. The number of methoxy groups -OCH3 is 1. The summed E-state index contributed by atoms with van der Waals surface area (Å²) in [6.07, 6.45) is 1.39. The Morgan fingerprint density at radius 2 is 1.79 bits per heavy atom. The minimum atomic E-state index is -0.591. The van der Waals surface area contributed by atoms with Gasteiger partial charge in [0.25, 0.3) is 11.8 Å². The van der Waals surface area contributed by atoms with E-state index < -0.39 is 17.8 Å². The molecule has 1 fully saturated rings. The van der Waals surface area contributed by atoms with Gasteiger partial charge in [0.2, 0.25) is 0 Å². The lowest BCUT2D eigenvalue weighted by molar-refractivity contribution is -0.122. The first-order chi connectivity index (χ1) is 15.8. The summed E-state index contributed by atoms with van der Waals surface area (Å²) in [5.41, 5.74) is 3.55. The highest BCUT2D eigenvalue weighted by atomic mass is 32.1. The number of amides is 2. The van der Waals surface area contributed by atoms with Crippen molar-refractivity contribution in [1.82, 2.24) is 5.32 Å². The average Bonchev–Trinajstić information content (AvgIpc) is 3.27. The minimum absolute atomic E-state index is 0.0293. The van der Waals surface area contributed by atoms with Gasteiger partial charge in [-0.25, -0.2) is 4.79 Å². The molecule has 2 aromatic carbocycles. The zero-order valence-corrected chi connectivity index (χ0v) is 19.0. The summed E-state index contributed by atoms with van der Waals surface area (Å²) in [6.45, 7) is 3.83. The second kappa shape index (κ2) is 8.84. The van der Waals surface area contributed by atoms with Crippen molar-refractivity contribution in [3.8, 4) is 11.3 Å². The third-order valence-corrected chi connectivity index (χ3v) is 5.71. The molecule has 3 aromatic rings. The van der Waals surface area contributed by atoms with Crippen LogP contribution in [0.4, 0.5) is 5.69 Å². The van der Waals surface area contributed by atoms with Gasteiger partial charge in [0.1, 0.15) is 17.1 Å². The monoisotopic (exact) mass is 460 g/mol. The summed E-state index contributed by atoms with van der Waals surface area (Å²) in [7, 11) is 1.32. The predicted octanol–water partition coefficient (Wildman–Crippen LogP) is 4.18. The quantitative estimate of drug-likeness (QED) is 0.272. The van der Waals surface area contributed by atoms with Crippen LogP contribution in [0.2, 0.25) is 0 Å². The van der Waals surface area contributed by atoms with E-state index in [0.29, 0.717) is 22.8 Å². The number of esters is 1. The summed E-state index contributed by atoms with van der Waals surface area (Å²) >= 11 is 5.28. The highest BCUT2D eigenvalue weighted by Crippen LogP contribution is 2.28. The molecule has 0 radical (unpaired) electrons. The first-order valence-corrected chi connectivity index (χ1v) is 10.5. The van der Waals surface area contributed by atoms with Crippen LogP contribution in [-0.4, -0.2) is 30.0 Å². The zero-order valence-electron chi connectivity index (χ0n) is 18.2. The smallest absolute Gasteiger partial charge is 0.337 e. The van der Waals surface area contributed by atoms with Crippen molar-refractivity contribution in [2.45, 2.75) is 13.8 Å². The van der Waals surface area contributed by atoms with Crippen LogP contribution in [0.1, 0.15) is 27.2 Å². The van der Waals surface area contributed by atoms with Gasteiger partial charge >= 0.3 is 5.97 Å². The molecular weight excluding hydrogens is 440 g/mol. The van der Waals surface area contributed by atoms with E-state index in [0.717, 1.165) is 16.7 Å². The molecule has 8 heteroatoms. The van der Waals surface area contributed by atoms with Gasteiger partial charge in [0.05, 0.1) is 18.4 Å². The minimum Gasteiger partial charge on any atom is -0.465 e. The maximum atomic E-state index is 13.2. The highest BCUT2D eigenvalue weighted by Gasteiger charge is 2.35. The van der Waals surface area contributed by atoms with Gasteiger partial charge in [-0.05, 0) is 73.6 Å². The van der Waals surface area contributed by atoms with Gasteiger partial charge in [-0.15, -0.1) is 0 Å². The van der Waals surface area contributed by atoms with Crippen molar-refractivity contribution in [2.75, 3.05) is 12.0 Å². The highest BCUT2D eigenvalue weighted by molar-refractivity contribution is 7.80. The number of aryl methyl sites for hydroxylation is 1. The molecule has 0 bridgehead atoms. The molecule has 0 spiro atoms. The average molecular weight is 461 g/mol. The molecule has 0 unspecified atom stereocenters. The fourth-order valence-corrected chi connectivity index (χ4v) is 3.74. The second-order valence-corrected chi connectivity index (χ2v) is 7.83. The Bertz CT molecular complexity index is 1320. The summed E-state index contributed by atoms with van der Waals surface area (Å²) in [4.78, 5) is 38.7. The van der Waals surface area contributed by atoms with E-state index in [1.165, 1.54) is 18.1 Å². The summed E-state index contributed by atoms with van der Waals surface area (Å²) in [5.74, 6) is -0.706. The third-order valence-electron chi connectivity index (χ3n) is 5.42. The van der Waals surface area contributed by atoms with Crippen LogP contribution in [0.25, 0.3) is 17.4 Å². The normalized spacial score (nSPS) is 15.1. The fourth-order valence-electron chi connectivity index (χ4n) is 3.47. The zero-order chi connectivity index (χ0) is 23.7. The number of anilines is 1. The van der Waals surface area contributed by atoms with Crippen molar-refractivity contribution in [3.63, 3.8) is 0 Å². The number of ether oxygens (including phenoxy) is 1. The molecule has 1 saturated heterocycles. The van der Waals surface area contributed by atoms with E-state index in [2.05, 4.69) is 5.32 Å². The van der Waals surface area contributed by atoms with Crippen molar-refractivity contribution in [3.05, 3.63) is 82.6 Å². The Morgan fingerprint density at radius 1 is 1.06 bits per heavy atom. The summed E-state index contributed by atoms with van der Waals surface area (Å²) in [6, 6.07) is 15.6. The maximum Gasteiger partial charge on any atom is 0.337 e. The van der Waals surface area contributed by atoms with E-state index >= 15 is 0 Å². The lowest BCUT2D eigenvalue weighted by atomic mass is 10.0. The molecule has 1 aliphatic rings. The van der Waals surface area contributed by atoms with Gasteiger partial charge in [-0.2, -0.15) is 0 Å². The maximum absolute atomic E-state index is 13.2. The molecule has 1 N–H and O–H groups in total. The number of hydrogen-bond donors (Lipinski definition) is 1. The summed E-state index contributed by atoms with van der Waals surface area (Å²) < 4.78 is 10.5. The van der Waals surface area contributed by atoms with Crippen molar-refractivity contribution < 1.29 is 23.5 Å². The predicted molar refractivity (Wildman–Crippen MR) is 128 cm³/mol. The first kappa shape index (κ1) is 22.2. The molecule has 7 nitrogen and oxygen atoms in total. The second-order valence-electron chi connectivity index (χ2n) is 7.45. The lowest BCUT2D eigenvalue weighted by Gasteiger charge is -2.30. The Morgan fingerprint density at radius 3 is 2.48 bits per heavy atom. The molecule has 4 rings (SSSR count). The number of benzene rings is 2. The SMILES string of the molecule is COC(=O)c1ccc(-c2ccc(/C=C3\C(=O)NC(=S)N(c4cccc(C)c4C)C3=O)o2)cc1. The lowest BCUT2D eigenvalue weighted by Crippen LogP contribution is -2.54. The molecule has 2 amide bonds. The number of nitrogens with one attached hydrogen (secondary N) is 1. The van der Waals surface area contributed by atoms with Crippen molar-refractivity contribution >= 4 is 46.9 Å². The van der Waals surface area contributed by atoms with Gasteiger partial charge < -0.3 is 9.15 Å². The molecule has 166 valence electrons. The molecular formula is C25H20N2O5S. The van der Waals surface area contributed by atoms with Crippen LogP contribution in [-0.2, 0) is 14.3 Å². The molecule has 0 saturated carbocycles. The number of nitrogens with zero attached hydrogens (tertiary/aromatic N) is 1. The van der Waals surface area contributed by atoms with Crippen LogP contribution in [0.3, 0.4) is 0 Å². The topological polar surface area (TPSA) is 88.9 Å². The Hall–Kier alpha value is -4.04. The molecule has 1 aliphatic heterocycles. The fraction of sp³-hybridized carbons (Fsp3) is 0.120. The Labute approximate surface area is 195 Å². The van der Waals surface area contributed by atoms with Gasteiger partial charge in [0, 0.05) is 5.56 Å². The van der Waals surface area contributed by atoms with E-state index in [-0.39, 0.29) is 10.7 Å². The van der Waals surface area contributed by atoms with E-state index in [9.17, 15) is 14.4 Å². The van der Waals surface area contributed by atoms with Crippen LogP contribution in [0, 0.1) is 13.8 Å². The van der Waals surface area contributed by atoms with E-state index in [4.69, 9.17) is 21.4 Å². The standard InChI is InChI=1S/C25H20N2O5S/c1-14-5-4-6-20(15(14)2)27-23(29)19(22(28)26-25(27)33)13-18-11-12-21(32-18)16-7-9-17(10-8-16)24(30)31-3/h4-13H,1-3H3,(H,26,28,33)/b19-13+. The van der Waals surface area contributed by atoms with Gasteiger partial charge in [0.15, 0.2) is 5.11 Å². The van der Waals surface area contributed by atoms with Crippen LogP contribution >= 0.6 is 12.2 Å². The molecule has 0 aliphatic carbocycles. The largest absolute Gasteiger partial charge is 0.465 e. The number of hydrogen-bond acceptors (Lipinski definition) is 6. The van der Waals surface area contributed by atoms with Gasteiger partial charge in [-0.3, -0.25) is 19.8 Å². The Balaban J connectivity index is 1.65. The van der Waals surface area contributed by atoms with E-state index in [1.807, 2.05) is 26.0 Å². The Kier molecular flexibility index (Phi) is 5.93. The van der Waals surface area contributed by atoms with Crippen molar-refractivity contribution in [1.29, 1.82) is 0 Å². The van der Waals surface area contributed by atoms with Gasteiger partial charge in [-0.1, -0.05) is 24.3 Å². The number of carbonyl (C=O) groups is 3. The summed E-state index contributed by atoms with van der Waals surface area (Å²) in [5, 5.41) is 2.61. The van der Waals surface area contributed by atoms with Crippen LogP contribution in [0.15, 0.2) is 64.6 Å². The van der Waals surface area contributed by atoms with Crippen molar-refractivity contribution in [2.24, 2.45) is 0 Å². The third kappa shape index (κ3) is 4.20.